The highest BCUT2D eigenvalue weighted by molar-refractivity contribution is 5.93. The lowest BCUT2D eigenvalue weighted by atomic mass is 9.48. The number of benzene rings is 2. The molecule has 1 atom stereocenters. The van der Waals surface area contributed by atoms with Crippen LogP contribution in [0.1, 0.15) is 79.4 Å². The molecule has 4 fully saturated rings. The van der Waals surface area contributed by atoms with Gasteiger partial charge in [0.1, 0.15) is 5.75 Å². The van der Waals surface area contributed by atoms with Gasteiger partial charge >= 0.3 is 6.48 Å². The largest absolute Gasteiger partial charge is 0.441 e. The molecule has 5 nitrogen and oxygen atoms in total. The second kappa shape index (κ2) is 9.79. The predicted molar refractivity (Wildman–Crippen MR) is 138 cm³/mol. The number of nitrogens with two attached hydrogens (primary N) is 1. The number of carbonyl (C=O) groups excluding carboxylic acids is 1. The summed E-state index contributed by atoms with van der Waals surface area (Å²) in [7, 11) is 1.62. The molecule has 0 aromatic heterocycles. The lowest BCUT2D eigenvalue weighted by Gasteiger charge is -2.57. The van der Waals surface area contributed by atoms with E-state index in [0.717, 1.165) is 29.1 Å². The molecule has 4 saturated carbocycles. The number of hydrogen-bond acceptors (Lipinski definition) is 4. The average molecular weight is 476 g/mol. The molecule has 4 bridgehead atoms. The van der Waals surface area contributed by atoms with Crippen LogP contribution in [0.2, 0.25) is 0 Å². The van der Waals surface area contributed by atoms with E-state index in [1.54, 1.807) is 19.2 Å². The van der Waals surface area contributed by atoms with E-state index in [1.165, 1.54) is 55.2 Å². The molecule has 1 amide bonds. The van der Waals surface area contributed by atoms with Gasteiger partial charge in [0.15, 0.2) is 0 Å². The van der Waals surface area contributed by atoms with Crippen molar-refractivity contribution in [1.82, 2.24) is 0 Å². The Labute approximate surface area is 208 Å². The highest BCUT2D eigenvalue weighted by atomic mass is 16.8. The average Bonchev–Trinajstić information content (AvgIpc) is 2.83. The van der Waals surface area contributed by atoms with Crippen molar-refractivity contribution in [3.05, 3.63) is 64.7 Å². The van der Waals surface area contributed by atoms with Crippen molar-refractivity contribution < 1.29 is 19.0 Å². The normalized spacial score (nSPS) is 28.2. The molecule has 0 saturated heterocycles. The Morgan fingerprint density at radius 3 is 2.17 bits per heavy atom. The summed E-state index contributed by atoms with van der Waals surface area (Å²) in [5.41, 5.74) is 10.8. The number of ether oxygens (including phenoxy) is 3. The summed E-state index contributed by atoms with van der Waals surface area (Å²) in [5, 5.41) is 0. The number of allylic oxidation sites excluding steroid dienone is 1. The zero-order chi connectivity index (χ0) is 24.6. The van der Waals surface area contributed by atoms with E-state index < -0.39 is 12.4 Å². The van der Waals surface area contributed by atoms with Gasteiger partial charge in [-0.15, -0.1) is 0 Å². The van der Waals surface area contributed by atoms with E-state index in [4.69, 9.17) is 19.9 Å². The van der Waals surface area contributed by atoms with Gasteiger partial charge in [0.05, 0.1) is 6.61 Å². The van der Waals surface area contributed by atoms with E-state index in [9.17, 15) is 4.79 Å². The van der Waals surface area contributed by atoms with Crippen LogP contribution in [0.5, 0.6) is 5.75 Å². The molecule has 0 spiro atoms. The third-order valence-corrected chi connectivity index (χ3v) is 8.34. The molecule has 0 aliphatic heterocycles. The SMILES string of the molecule is CCOC(OC)Oc1ccc(C(C)=Cc2ccc(C(N)=O)cc2)cc1C12CC3CC(CC(C3)C1)C2. The Morgan fingerprint density at radius 2 is 1.63 bits per heavy atom. The van der Waals surface area contributed by atoms with E-state index >= 15 is 0 Å². The maximum absolute atomic E-state index is 11.4. The molecule has 6 rings (SSSR count). The van der Waals surface area contributed by atoms with Gasteiger partial charge in [0.25, 0.3) is 0 Å². The lowest BCUT2D eigenvalue weighted by Crippen LogP contribution is -2.48. The Hall–Kier alpha value is -2.63. The van der Waals surface area contributed by atoms with Crippen LogP contribution in [0.3, 0.4) is 0 Å². The van der Waals surface area contributed by atoms with Crippen LogP contribution in [0, 0.1) is 17.8 Å². The van der Waals surface area contributed by atoms with E-state index in [1.807, 2.05) is 19.1 Å². The molecule has 0 heterocycles. The second-order valence-electron chi connectivity index (χ2n) is 10.8. The minimum atomic E-state index is -0.709. The lowest BCUT2D eigenvalue weighted by molar-refractivity contribution is -0.231. The number of carbonyl (C=O) groups is 1. The summed E-state index contributed by atoms with van der Waals surface area (Å²) < 4.78 is 17.4. The molecule has 2 aromatic rings. The molecule has 4 aliphatic carbocycles. The van der Waals surface area contributed by atoms with E-state index in [-0.39, 0.29) is 5.41 Å². The van der Waals surface area contributed by atoms with Crippen LogP contribution in [0.15, 0.2) is 42.5 Å². The third-order valence-electron chi connectivity index (χ3n) is 8.34. The third kappa shape index (κ3) is 4.89. The number of hydrogen-bond donors (Lipinski definition) is 1. The summed E-state index contributed by atoms with van der Waals surface area (Å²) in [6.07, 6.45) is 10.1. The van der Waals surface area contributed by atoms with Crippen molar-refractivity contribution in [3.63, 3.8) is 0 Å². The van der Waals surface area contributed by atoms with E-state index in [2.05, 4.69) is 31.2 Å². The Bertz CT molecular complexity index is 1070. The van der Waals surface area contributed by atoms with Gasteiger partial charge in [-0.2, -0.15) is 0 Å². The molecule has 2 N–H and O–H groups in total. The number of primary amides is 1. The predicted octanol–water partition coefficient (Wildman–Crippen LogP) is 6.16. The zero-order valence-electron chi connectivity index (χ0n) is 21.1. The first-order chi connectivity index (χ1) is 16.9. The van der Waals surface area contributed by atoms with E-state index in [0.29, 0.717) is 12.2 Å². The molecule has 186 valence electrons. The van der Waals surface area contributed by atoms with Gasteiger partial charge in [-0.05, 0) is 117 Å². The van der Waals surface area contributed by atoms with Crippen LogP contribution in [0.25, 0.3) is 11.6 Å². The topological polar surface area (TPSA) is 70.8 Å². The van der Waals surface area contributed by atoms with Crippen molar-refractivity contribution in [2.75, 3.05) is 13.7 Å². The summed E-state index contributed by atoms with van der Waals surface area (Å²) in [6.45, 7) is 3.90. The first-order valence-corrected chi connectivity index (χ1v) is 12.9. The number of amides is 1. The standard InChI is InChI=1S/C30H37NO4/c1-4-34-29(33-3)35-27-10-9-25(19(2)11-20-5-7-24(8-6-20)28(31)32)15-26(27)30-16-21-12-22(17-30)14-23(13-21)18-30/h5-11,15,21-23,29H,4,12-14,16-18H2,1-3H3,(H2,31,32). The summed E-state index contributed by atoms with van der Waals surface area (Å²) >= 11 is 0. The van der Waals surface area contributed by atoms with Crippen LogP contribution < -0.4 is 10.5 Å². The van der Waals surface area contributed by atoms with Crippen LogP contribution >= 0.6 is 0 Å². The Balaban J connectivity index is 1.51. The minimum Gasteiger partial charge on any atom is -0.441 e. The van der Waals surface area contributed by atoms with Gasteiger partial charge in [-0.25, -0.2) is 0 Å². The van der Waals surface area contributed by atoms with Crippen LogP contribution in [-0.2, 0) is 14.9 Å². The monoisotopic (exact) mass is 475 g/mol. The zero-order valence-corrected chi connectivity index (χ0v) is 21.1. The molecular formula is C30H37NO4. The summed E-state index contributed by atoms with van der Waals surface area (Å²) in [5.74, 6) is 2.99. The summed E-state index contributed by atoms with van der Waals surface area (Å²) in [6, 6.07) is 14.0. The highest BCUT2D eigenvalue weighted by Crippen LogP contribution is 2.62. The fraction of sp³-hybridized carbons (Fsp3) is 0.500. The van der Waals surface area contributed by atoms with Crippen LogP contribution in [0.4, 0.5) is 0 Å². The first-order valence-electron chi connectivity index (χ1n) is 12.9. The molecule has 2 aromatic carbocycles. The smallest absolute Gasteiger partial charge is 0.315 e. The van der Waals surface area contributed by atoms with Gasteiger partial charge in [-0.3, -0.25) is 4.79 Å². The fourth-order valence-electron chi connectivity index (χ4n) is 7.20. The second-order valence-corrected chi connectivity index (χ2v) is 10.8. The molecule has 1 unspecified atom stereocenters. The van der Waals surface area contributed by atoms with Gasteiger partial charge < -0.3 is 19.9 Å². The quantitative estimate of drug-likeness (QED) is 0.348. The van der Waals surface area contributed by atoms with Crippen molar-refractivity contribution in [1.29, 1.82) is 0 Å². The van der Waals surface area contributed by atoms with Crippen molar-refractivity contribution >= 4 is 17.6 Å². The minimum absolute atomic E-state index is 0.175. The molecular weight excluding hydrogens is 438 g/mol. The van der Waals surface area contributed by atoms with Gasteiger partial charge in [-0.1, -0.05) is 24.3 Å². The van der Waals surface area contributed by atoms with Crippen molar-refractivity contribution in [2.24, 2.45) is 23.5 Å². The molecule has 35 heavy (non-hydrogen) atoms. The maximum atomic E-state index is 11.4. The Morgan fingerprint density at radius 1 is 1.03 bits per heavy atom. The van der Waals surface area contributed by atoms with Gasteiger partial charge in [0, 0.05) is 18.2 Å². The maximum Gasteiger partial charge on any atom is 0.315 e. The van der Waals surface area contributed by atoms with Gasteiger partial charge in [0.2, 0.25) is 5.91 Å². The van der Waals surface area contributed by atoms with Crippen molar-refractivity contribution in [3.8, 4) is 5.75 Å². The fourth-order valence-corrected chi connectivity index (χ4v) is 7.20. The van der Waals surface area contributed by atoms with Crippen molar-refractivity contribution in [2.45, 2.75) is 64.3 Å². The number of methoxy groups -OCH3 is 1. The highest BCUT2D eigenvalue weighted by Gasteiger charge is 2.52. The molecule has 4 aliphatic rings. The molecule has 0 radical (unpaired) electrons. The van der Waals surface area contributed by atoms with Crippen LogP contribution in [-0.4, -0.2) is 26.1 Å². The Kier molecular flexibility index (Phi) is 6.73. The number of rotatable bonds is 9. The first kappa shape index (κ1) is 24.1. The molecule has 5 heteroatoms. The summed E-state index contributed by atoms with van der Waals surface area (Å²) in [4.78, 5) is 11.4.